The Morgan fingerprint density at radius 3 is 2.47 bits per heavy atom. The Balaban J connectivity index is 2.20. The van der Waals surface area contributed by atoms with E-state index in [-0.39, 0.29) is 11.8 Å². The summed E-state index contributed by atoms with van der Waals surface area (Å²) in [5.41, 5.74) is 0.930. The second kappa shape index (κ2) is 6.06. The van der Waals surface area contributed by atoms with Crippen molar-refractivity contribution in [1.29, 1.82) is 0 Å². The highest BCUT2D eigenvalue weighted by Gasteiger charge is 2.20. The normalized spacial score (nSPS) is 15.2. The molecule has 0 atom stereocenters. The van der Waals surface area contributed by atoms with Gasteiger partial charge in [0.25, 0.3) is 11.8 Å². The molecule has 2 amide bonds. The van der Waals surface area contributed by atoms with E-state index in [9.17, 15) is 9.59 Å². The maximum Gasteiger partial charge on any atom is 0.255 e. The third-order valence-corrected chi connectivity index (χ3v) is 3.64. The first kappa shape index (κ1) is 13.9. The number of nitrogens with one attached hydrogen (secondary N) is 1. The second-order valence-corrected chi connectivity index (χ2v) is 5.03. The summed E-state index contributed by atoms with van der Waals surface area (Å²) in [6.07, 6.45) is 3.26. The van der Waals surface area contributed by atoms with Crippen LogP contribution in [0.2, 0.25) is 5.02 Å². The molecule has 1 aromatic rings. The summed E-state index contributed by atoms with van der Waals surface area (Å²) in [5.74, 6) is -0.257. The second-order valence-electron chi connectivity index (χ2n) is 4.63. The highest BCUT2D eigenvalue weighted by Crippen LogP contribution is 2.21. The topological polar surface area (TPSA) is 49.4 Å². The third kappa shape index (κ3) is 3.07. The Kier molecular flexibility index (Phi) is 4.43. The molecule has 19 heavy (non-hydrogen) atoms. The summed E-state index contributed by atoms with van der Waals surface area (Å²) >= 11 is 6.12. The number of benzene rings is 1. The maximum absolute atomic E-state index is 12.3. The fraction of sp³-hybridized carbons (Fsp3) is 0.429. The van der Waals surface area contributed by atoms with Gasteiger partial charge in [-0.15, -0.1) is 0 Å². The van der Waals surface area contributed by atoms with Gasteiger partial charge in [-0.1, -0.05) is 11.6 Å². The molecule has 1 aliphatic heterocycles. The first-order valence-electron chi connectivity index (χ1n) is 6.44. The van der Waals surface area contributed by atoms with Crippen molar-refractivity contribution >= 4 is 23.4 Å². The minimum atomic E-state index is -0.209. The van der Waals surface area contributed by atoms with E-state index in [0.29, 0.717) is 16.1 Å². The average molecular weight is 281 g/mol. The fourth-order valence-corrected chi connectivity index (χ4v) is 2.50. The predicted octanol–water partition coefficient (Wildman–Crippen LogP) is 2.33. The van der Waals surface area contributed by atoms with Gasteiger partial charge in [-0.2, -0.15) is 0 Å². The van der Waals surface area contributed by atoms with Crippen LogP contribution in [0.1, 0.15) is 40.0 Å². The number of nitrogens with zero attached hydrogens (tertiary/aromatic N) is 1. The van der Waals surface area contributed by atoms with Crippen LogP contribution in [-0.2, 0) is 0 Å². The molecule has 4 nitrogen and oxygen atoms in total. The molecule has 0 unspecified atom stereocenters. The molecule has 0 radical (unpaired) electrons. The van der Waals surface area contributed by atoms with Crippen molar-refractivity contribution in [2.75, 3.05) is 20.1 Å². The van der Waals surface area contributed by atoms with Gasteiger partial charge in [0.2, 0.25) is 0 Å². The number of piperidine rings is 1. The summed E-state index contributed by atoms with van der Waals surface area (Å²) in [7, 11) is 1.56. The van der Waals surface area contributed by atoms with Crippen LogP contribution in [0.5, 0.6) is 0 Å². The summed E-state index contributed by atoms with van der Waals surface area (Å²) in [4.78, 5) is 25.6. The van der Waals surface area contributed by atoms with Crippen LogP contribution in [0.3, 0.4) is 0 Å². The number of amides is 2. The quantitative estimate of drug-likeness (QED) is 0.904. The lowest BCUT2D eigenvalue weighted by molar-refractivity contribution is 0.0724. The molecule has 102 valence electrons. The highest BCUT2D eigenvalue weighted by molar-refractivity contribution is 6.34. The van der Waals surface area contributed by atoms with Gasteiger partial charge in [-0.05, 0) is 37.5 Å². The monoisotopic (exact) mass is 280 g/mol. The summed E-state index contributed by atoms with van der Waals surface area (Å²) < 4.78 is 0. The highest BCUT2D eigenvalue weighted by atomic mass is 35.5. The molecule has 1 aromatic carbocycles. The van der Waals surface area contributed by atoms with E-state index in [1.807, 2.05) is 4.90 Å². The number of carbonyl (C=O) groups excluding carboxylic acids is 2. The van der Waals surface area contributed by atoms with E-state index >= 15 is 0 Å². The van der Waals surface area contributed by atoms with Crippen LogP contribution in [-0.4, -0.2) is 36.9 Å². The van der Waals surface area contributed by atoms with Crippen LogP contribution in [0, 0.1) is 0 Å². The fourth-order valence-electron chi connectivity index (χ4n) is 2.24. The number of likely N-dealkylation sites (tertiary alicyclic amines) is 1. The van der Waals surface area contributed by atoms with E-state index in [1.54, 1.807) is 19.2 Å². The van der Waals surface area contributed by atoms with Crippen molar-refractivity contribution in [3.8, 4) is 0 Å². The smallest absolute Gasteiger partial charge is 0.255 e. The molecule has 1 aliphatic rings. The van der Waals surface area contributed by atoms with Crippen molar-refractivity contribution in [3.05, 3.63) is 34.3 Å². The van der Waals surface area contributed by atoms with Gasteiger partial charge in [0, 0.05) is 25.7 Å². The van der Waals surface area contributed by atoms with Crippen molar-refractivity contribution < 1.29 is 9.59 Å². The van der Waals surface area contributed by atoms with Gasteiger partial charge in [0.1, 0.15) is 0 Å². The van der Waals surface area contributed by atoms with E-state index < -0.39 is 0 Å². The molecular weight excluding hydrogens is 264 g/mol. The van der Waals surface area contributed by atoms with Crippen molar-refractivity contribution in [1.82, 2.24) is 10.2 Å². The predicted molar refractivity (Wildman–Crippen MR) is 74.6 cm³/mol. The summed E-state index contributed by atoms with van der Waals surface area (Å²) in [6, 6.07) is 4.79. The van der Waals surface area contributed by atoms with Gasteiger partial charge >= 0.3 is 0 Å². The Morgan fingerprint density at radius 1 is 1.21 bits per heavy atom. The molecule has 0 bridgehead atoms. The molecule has 0 aliphatic carbocycles. The Labute approximate surface area is 117 Å². The van der Waals surface area contributed by atoms with Crippen molar-refractivity contribution in [3.63, 3.8) is 0 Å². The molecule has 5 heteroatoms. The lowest BCUT2D eigenvalue weighted by Gasteiger charge is -2.27. The number of rotatable bonds is 2. The van der Waals surface area contributed by atoms with Crippen molar-refractivity contribution in [2.45, 2.75) is 19.3 Å². The molecule has 1 fully saturated rings. The number of hydrogen-bond donors (Lipinski definition) is 1. The Bertz CT molecular complexity index is 496. The summed E-state index contributed by atoms with van der Waals surface area (Å²) in [6.45, 7) is 1.57. The first-order valence-corrected chi connectivity index (χ1v) is 6.82. The SMILES string of the molecule is CNC(=O)c1ccc(C(=O)N2CCCCC2)c(Cl)c1. The zero-order valence-corrected chi connectivity index (χ0v) is 11.7. The van der Waals surface area contributed by atoms with Crippen LogP contribution in [0.25, 0.3) is 0 Å². The van der Waals surface area contributed by atoms with E-state index in [1.165, 1.54) is 12.5 Å². The Hall–Kier alpha value is -1.55. The van der Waals surface area contributed by atoms with Gasteiger partial charge in [0.15, 0.2) is 0 Å². The minimum absolute atomic E-state index is 0.0480. The van der Waals surface area contributed by atoms with Gasteiger partial charge in [-0.25, -0.2) is 0 Å². The van der Waals surface area contributed by atoms with Gasteiger partial charge < -0.3 is 10.2 Å². The minimum Gasteiger partial charge on any atom is -0.355 e. The molecule has 1 heterocycles. The molecular formula is C14H17ClN2O2. The first-order chi connectivity index (χ1) is 9.13. The lowest BCUT2D eigenvalue weighted by atomic mass is 10.1. The molecule has 2 rings (SSSR count). The average Bonchev–Trinajstić information content (AvgIpc) is 2.46. The lowest BCUT2D eigenvalue weighted by Crippen LogP contribution is -2.35. The van der Waals surface area contributed by atoms with Crippen LogP contribution in [0.15, 0.2) is 18.2 Å². The standard InChI is InChI=1S/C14H17ClN2O2/c1-16-13(18)10-5-6-11(12(15)9-10)14(19)17-7-3-2-4-8-17/h5-6,9H,2-4,7-8H2,1H3,(H,16,18). The summed E-state index contributed by atoms with van der Waals surface area (Å²) in [5, 5.41) is 2.86. The number of carbonyl (C=O) groups is 2. The zero-order chi connectivity index (χ0) is 13.8. The number of hydrogen-bond acceptors (Lipinski definition) is 2. The largest absolute Gasteiger partial charge is 0.355 e. The van der Waals surface area contributed by atoms with Crippen molar-refractivity contribution in [2.24, 2.45) is 0 Å². The van der Waals surface area contributed by atoms with E-state index in [4.69, 9.17) is 11.6 Å². The molecule has 0 aromatic heterocycles. The van der Waals surface area contributed by atoms with E-state index in [0.717, 1.165) is 25.9 Å². The van der Waals surface area contributed by atoms with Crippen LogP contribution < -0.4 is 5.32 Å². The zero-order valence-electron chi connectivity index (χ0n) is 10.9. The molecule has 0 spiro atoms. The van der Waals surface area contributed by atoms with E-state index in [2.05, 4.69) is 5.32 Å². The molecule has 1 N–H and O–H groups in total. The maximum atomic E-state index is 12.3. The molecule has 1 saturated heterocycles. The van der Waals surface area contributed by atoms with Gasteiger partial charge in [-0.3, -0.25) is 9.59 Å². The van der Waals surface area contributed by atoms with Gasteiger partial charge in [0.05, 0.1) is 10.6 Å². The Morgan fingerprint density at radius 2 is 1.89 bits per heavy atom. The number of halogens is 1. The molecule has 0 saturated carbocycles. The van der Waals surface area contributed by atoms with Crippen LogP contribution >= 0.6 is 11.6 Å². The van der Waals surface area contributed by atoms with Crippen LogP contribution in [0.4, 0.5) is 0 Å². The third-order valence-electron chi connectivity index (χ3n) is 3.33.